The summed E-state index contributed by atoms with van der Waals surface area (Å²) in [6.45, 7) is 4.12. The smallest absolute Gasteiger partial charge is 0.344 e. The number of hydrogen-bond acceptors (Lipinski definition) is 8. The Hall–Kier alpha value is -3.15. The summed E-state index contributed by atoms with van der Waals surface area (Å²) >= 11 is 5.86. The topological polar surface area (TPSA) is 124 Å². The van der Waals surface area contributed by atoms with Crippen LogP contribution in [0.5, 0.6) is 11.5 Å². The van der Waals surface area contributed by atoms with Gasteiger partial charge >= 0.3 is 5.97 Å². The minimum Gasteiger partial charge on any atom is -0.490 e. The summed E-state index contributed by atoms with van der Waals surface area (Å²) in [6, 6.07) is 9.88. The van der Waals surface area contributed by atoms with Crippen LogP contribution in [-0.4, -0.2) is 63.2 Å². The van der Waals surface area contributed by atoms with E-state index in [0.717, 1.165) is 0 Å². The van der Waals surface area contributed by atoms with Crippen molar-refractivity contribution in [2.24, 2.45) is 5.10 Å². The highest BCUT2D eigenvalue weighted by Gasteiger charge is 2.39. The quantitative estimate of drug-likeness (QED) is 0.265. The molecule has 1 atom stereocenters. The highest BCUT2D eigenvalue weighted by Crippen LogP contribution is 2.29. The lowest BCUT2D eigenvalue weighted by atomic mass is 10.2. The Morgan fingerprint density at radius 2 is 1.86 bits per heavy atom. The van der Waals surface area contributed by atoms with Gasteiger partial charge in [0, 0.05) is 11.6 Å². The van der Waals surface area contributed by atoms with E-state index in [1.807, 2.05) is 6.92 Å². The molecular formula is C24H28ClN3O7S. The SMILES string of the molecule is CCOC(=O)COc1ccc(/C=N\NC(=O)[C@@H]2CCCN2S(=O)(=O)c2ccc(Cl)cc2)cc1OCC. The Morgan fingerprint density at radius 1 is 1.11 bits per heavy atom. The summed E-state index contributed by atoms with van der Waals surface area (Å²) in [5.74, 6) is -0.263. The number of benzene rings is 2. The van der Waals surface area contributed by atoms with Gasteiger partial charge in [-0.3, -0.25) is 4.79 Å². The van der Waals surface area contributed by atoms with E-state index < -0.39 is 27.9 Å². The van der Waals surface area contributed by atoms with E-state index in [1.54, 1.807) is 25.1 Å². The van der Waals surface area contributed by atoms with E-state index >= 15 is 0 Å². The molecule has 0 aliphatic carbocycles. The Morgan fingerprint density at radius 3 is 2.56 bits per heavy atom. The molecule has 2 aromatic rings. The molecule has 36 heavy (non-hydrogen) atoms. The number of nitrogens with zero attached hydrogens (tertiary/aromatic N) is 2. The maximum atomic E-state index is 13.0. The van der Waals surface area contributed by atoms with Crippen LogP contribution in [0.3, 0.4) is 0 Å². The molecule has 1 N–H and O–H groups in total. The first-order chi connectivity index (χ1) is 17.3. The molecule has 194 valence electrons. The van der Waals surface area contributed by atoms with Crippen molar-refractivity contribution in [2.45, 2.75) is 37.6 Å². The van der Waals surface area contributed by atoms with Crippen LogP contribution < -0.4 is 14.9 Å². The third-order valence-corrected chi connectivity index (χ3v) is 7.41. The monoisotopic (exact) mass is 537 g/mol. The van der Waals surface area contributed by atoms with E-state index in [9.17, 15) is 18.0 Å². The largest absolute Gasteiger partial charge is 0.490 e. The van der Waals surface area contributed by atoms with Crippen molar-refractivity contribution in [2.75, 3.05) is 26.4 Å². The van der Waals surface area contributed by atoms with Gasteiger partial charge in [-0.2, -0.15) is 9.41 Å². The van der Waals surface area contributed by atoms with Gasteiger partial charge in [-0.1, -0.05) is 11.6 Å². The number of ether oxygens (including phenoxy) is 3. The number of sulfonamides is 1. The minimum atomic E-state index is -3.86. The lowest BCUT2D eigenvalue weighted by molar-refractivity contribution is -0.145. The van der Waals surface area contributed by atoms with Crippen LogP contribution in [0.25, 0.3) is 0 Å². The number of carbonyl (C=O) groups is 2. The molecule has 1 aliphatic heterocycles. The van der Waals surface area contributed by atoms with Gasteiger partial charge in [0.15, 0.2) is 18.1 Å². The number of hydrogen-bond donors (Lipinski definition) is 1. The molecule has 1 saturated heterocycles. The summed E-state index contributed by atoms with van der Waals surface area (Å²) in [7, 11) is -3.86. The molecule has 1 fully saturated rings. The first kappa shape index (κ1) is 27.4. The Balaban J connectivity index is 1.66. The van der Waals surface area contributed by atoms with Crippen LogP contribution in [0, 0.1) is 0 Å². The lowest BCUT2D eigenvalue weighted by Gasteiger charge is -2.22. The Kier molecular flexibility index (Phi) is 9.68. The van der Waals surface area contributed by atoms with Crippen LogP contribution in [0.4, 0.5) is 0 Å². The molecular weight excluding hydrogens is 510 g/mol. The molecule has 1 amide bonds. The number of amides is 1. The number of carbonyl (C=O) groups excluding carboxylic acids is 2. The van der Waals surface area contributed by atoms with Gasteiger partial charge in [-0.05, 0) is 74.7 Å². The summed E-state index contributed by atoms with van der Waals surface area (Å²) in [4.78, 5) is 24.4. The zero-order valence-electron chi connectivity index (χ0n) is 20.0. The van der Waals surface area contributed by atoms with Crippen molar-refractivity contribution >= 4 is 39.7 Å². The first-order valence-electron chi connectivity index (χ1n) is 11.4. The molecule has 0 bridgehead atoms. The van der Waals surface area contributed by atoms with E-state index in [0.29, 0.717) is 41.5 Å². The molecule has 1 aliphatic rings. The average Bonchev–Trinajstić information content (AvgIpc) is 3.35. The maximum absolute atomic E-state index is 13.0. The van der Waals surface area contributed by atoms with Gasteiger partial charge in [0.05, 0.1) is 24.3 Å². The second-order valence-electron chi connectivity index (χ2n) is 7.69. The number of nitrogens with one attached hydrogen (secondary N) is 1. The Labute approximate surface area is 215 Å². The van der Waals surface area contributed by atoms with E-state index in [4.69, 9.17) is 25.8 Å². The number of halogens is 1. The third-order valence-electron chi connectivity index (χ3n) is 5.23. The van der Waals surface area contributed by atoms with Gasteiger partial charge in [0.25, 0.3) is 5.91 Å². The molecule has 1 heterocycles. The van der Waals surface area contributed by atoms with Crippen LogP contribution in [0.2, 0.25) is 5.02 Å². The number of rotatable bonds is 11. The second-order valence-corrected chi connectivity index (χ2v) is 10.0. The minimum absolute atomic E-state index is 0.0730. The van der Waals surface area contributed by atoms with Crippen LogP contribution in [0.15, 0.2) is 52.5 Å². The highest BCUT2D eigenvalue weighted by molar-refractivity contribution is 7.89. The highest BCUT2D eigenvalue weighted by atomic mass is 35.5. The standard InChI is InChI=1S/C24H28ClN3O7S/c1-3-33-22-14-17(7-12-21(22)35-16-23(29)34-4-2)15-26-27-24(30)20-6-5-13-28(20)36(31,32)19-10-8-18(25)9-11-19/h7-12,14-15,20H,3-6,13,16H2,1-2H3,(H,27,30)/b26-15-/t20-/m0/s1. The summed E-state index contributed by atoms with van der Waals surface area (Å²) in [5, 5.41) is 4.40. The van der Waals surface area contributed by atoms with Crippen molar-refractivity contribution in [1.29, 1.82) is 0 Å². The fraction of sp³-hybridized carbons (Fsp3) is 0.375. The summed E-state index contributed by atoms with van der Waals surface area (Å²) in [6.07, 6.45) is 2.34. The molecule has 12 heteroatoms. The fourth-order valence-electron chi connectivity index (χ4n) is 3.61. The normalized spacial score (nSPS) is 16.1. The predicted octanol–water partition coefficient (Wildman–Crippen LogP) is 2.98. The van der Waals surface area contributed by atoms with Crippen molar-refractivity contribution in [3.8, 4) is 11.5 Å². The lowest BCUT2D eigenvalue weighted by Crippen LogP contribution is -2.44. The van der Waals surface area contributed by atoms with Crippen molar-refractivity contribution in [3.63, 3.8) is 0 Å². The predicted molar refractivity (Wildman–Crippen MR) is 134 cm³/mol. The number of hydrazone groups is 1. The zero-order chi connectivity index (χ0) is 26.1. The average molecular weight is 538 g/mol. The van der Waals surface area contributed by atoms with Crippen LogP contribution in [-0.2, 0) is 24.3 Å². The van der Waals surface area contributed by atoms with Gasteiger partial charge in [0.2, 0.25) is 10.0 Å². The molecule has 0 saturated carbocycles. The van der Waals surface area contributed by atoms with Gasteiger partial charge in [-0.15, -0.1) is 0 Å². The molecule has 0 radical (unpaired) electrons. The van der Waals surface area contributed by atoms with Crippen molar-refractivity contribution in [3.05, 3.63) is 53.1 Å². The van der Waals surface area contributed by atoms with Crippen molar-refractivity contribution < 1.29 is 32.2 Å². The summed E-state index contributed by atoms with van der Waals surface area (Å²) in [5.41, 5.74) is 3.02. The molecule has 0 aromatic heterocycles. The first-order valence-corrected chi connectivity index (χ1v) is 13.2. The third kappa shape index (κ3) is 6.96. The number of esters is 1. The summed E-state index contributed by atoms with van der Waals surface area (Å²) < 4.78 is 43.1. The van der Waals surface area contributed by atoms with E-state index in [-0.39, 0.29) is 24.7 Å². The fourth-order valence-corrected chi connectivity index (χ4v) is 5.39. The molecule has 2 aromatic carbocycles. The zero-order valence-corrected chi connectivity index (χ0v) is 21.5. The maximum Gasteiger partial charge on any atom is 0.344 e. The molecule has 0 unspecified atom stereocenters. The van der Waals surface area contributed by atoms with Crippen LogP contribution in [0.1, 0.15) is 32.3 Å². The molecule has 10 nitrogen and oxygen atoms in total. The molecule has 3 rings (SSSR count). The van der Waals surface area contributed by atoms with E-state index in [1.165, 1.54) is 34.8 Å². The van der Waals surface area contributed by atoms with Crippen molar-refractivity contribution in [1.82, 2.24) is 9.73 Å². The van der Waals surface area contributed by atoms with Gasteiger partial charge < -0.3 is 14.2 Å². The van der Waals surface area contributed by atoms with Gasteiger partial charge in [0.1, 0.15) is 6.04 Å². The second kappa shape index (κ2) is 12.7. The van der Waals surface area contributed by atoms with E-state index in [2.05, 4.69) is 10.5 Å². The Bertz CT molecular complexity index is 1200. The molecule has 0 spiro atoms. The van der Waals surface area contributed by atoms with Gasteiger partial charge in [-0.25, -0.2) is 18.6 Å². The van der Waals surface area contributed by atoms with Crippen LogP contribution >= 0.6 is 11.6 Å².